The van der Waals surface area contributed by atoms with Gasteiger partial charge in [0.25, 0.3) is 0 Å². The minimum atomic E-state index is 0.167. The molecular formula is C17H28N2. The monoisotopic (exact) mass is 260 g/mol. The van der Waals surface area contributed by atoms with Gasteiger partial charge in [0, 0.05) is 23.7 Å². The van der Waals surface area contributed by atoms with Crippen molar-refractivity contribution in [3.63, 3.8) is 0 Å². The third-order valence-electron chi connectivity index (χ3n) is 4.38. The molecule has 1 fully saturated rings. The minimum absolute atomic E-state index is 0.167. The van der Waals surface area contributed by atoms with Crippen molar-refractivity contribution in [3.05, 3.63) is 29.8 Å². The molecule has 106 valence electrons. The Hall–Kier alpha value is -1.02. The lowest BCUT2D eigenvalue weighted by Gasteiger charge is -2.29. The van der Waals surface area contributed by atoms with Crippen LogP contribution in [-0.4, -0.2) is 12.6 Å². The van der Waals surface area contributed by atoms with Crippen LogP contribution in [0.3, 0.4) is 0 Å². The molecule has 0 saturated heterocycles. The van der Waals surface area contributed by atoms with E-state index in [1.807, 2.05) is 12.1 Å². The molecule has 19 heavy (non-hydrogen) atoms. The number of anilines is 1. The Kier molecular flexibility index (Phi) is 4.87. The lowest BCUT2D eigenvalue weighted by atomic mass is 9.84. The van der Waals surface area contributed by atoms with Crippen molar-refractivity contribution in [2.24, 2.45) is 0 Å². The maximum atomic E-state index is 5.76. The van der Waals surface area contributed by atoms with Gasteiger partial charge in [0.1, 0.15) is 0 Å². The average Bonchev–Trinajstić information content (AvgIpc) is 2.65. The van der Waals surface area contributed by atoms with Crippen molar-refractivity contribution in [1.82, 2.24) is 5.32 Å². The summed E-state index contributed by atoms with van der Waals surface area (Å²) >= 11 is 0. The third kappa shape index (κ3) is 4.24. The van der Waals surface area contributed by atoms with Gasteiger partial charge < -0.3 is 11.1 Å². The molecular weight excluding hydrogens is 232 g/mol. The van der Waals surface area contributed by atoms with Crippen LogP contribution in [0.2, 0.25) is 0 Å². The quantitative estimate of drug-likeness (QED) is 0.637. The van der Waals surface area contributed by atoms with Gasteiger partial charge in [0.05, 0.1) is 0 Å². The van der Waals surface area contributed by atoms with E-state index in [1.165, 1.54) is 44.1 Å². The molecule has 1 aromatic carbocycles. The van der Waals surface area contributed by atoms with Crippen LogP contribution in [0.15, 0.2) is 24.3 Å². The standard InChI is InChI=1S/C17H28N2/c1-17(2,14-9-11-15(18)12-10-14)13-19-16-7-5-3-4-6-8-16/h9-12,16,19H,3-8,13,18H2,1-2H3. The van der Waals surface area contributed by atoms with E-state index in [0.29, 0.717) is 0 Å². The van der Waals surface area contributed by atoms with Gasteiger partial charge in [-0.05, 0) is 30.5 Å². The zero-order valence-corrected chi connectivity index (χ0v) is 12.4. The summed E-state index contributed by atoms with van der Waals surface area (Å²) < 4.78 is 0. The zero-order valence-electron chi connectivity index (χ0n) is 12.4. The first-order valence-corrected chi connectivity index (χ1v) is 7.67. The highest BCUT2D eigenvalue weighted by molar-refractivity contribution is 5.41. The summed E-state index contributed by atoms with van der Waals surface area (Å²) in [5, 5.41) is 3.78. The number of nitrogens with one attached hydrogen (secondary N) is 1. The summed E-state index contributed by atoms with van der Waals surface area (Å²) in [5.41, 5.74) is 8.14. The number of rotatable bonds is 4. The van der Waals surface area contributed by atoms with Crippen LogP contribution in [0.5, 0.6) is 0 Å². The number of nitrogens with two attached hydrogens (primary N) is 1. The Bertz CT molecular complexity index is 373. The summed E-state index contributed by atoms with van der Waals surface area (Å²) in [4.78, 5) is 0. The summed E-state index contributed by atoms with van der Waals surface area (Å²) in [6, 6.07) is 9.04. The highest BCUT2D eigenvalue weighted by atomic mass is 14.9. The van der Waals surface area contributed by atoms with E-state index >= 15 is 0 Å². The molecule has 2 heteroatoms. The Morgan fingerprint density at radius 3 is 2.21 bits per heavy atom. The van der Waals surface area contributed by atoms with Gasteiger partial charge in [-0.15, -0.1) is 0 Å². The van der Waals surface area contributed by atoms with Crippen molar-refractivity contribution in [2.45, 2.75) is 63.8 Å². The summed E-state index contributed by atoms with van der Waals surface area (Å²) in [7, 11) is 0. The predicted octanol–water partition coefficient (Wildman–Crippen LogP) is 3.86. The van der Waals surface area contributed by atoms with Crippen LogP contribution in [-0.2, 0) is 5.41 Å². The van der Waals surface area contributed by atoms with Gasteiger partial charge in [-0.2, -0.15) is 0 Å². The van der Waals surface area contributed by atoms with Crippen LogP contribution in [0, 0.1) is 0 Å². The molecule has 2 nitrogen and oxygen atoms in total. The van der Waals surface area contributed by atoms with Crippen LogP contribution < -0.4 is 11.1 Å². The lowest BCUT2D eigenvalue weighted by molar-refractivity contribution is 0.391. The van der Waals surface area contributed by atoms with Crippen molar-refractivity contribution in [1.29, 1.82) is 0 Å². The highest BCUT2D eigenvalue weighted by Gasteiger charge is 2.22. The maximum absolute atomic E-state index is 5.76. The molecule has 1 aromatic rings. The first kappa shape index (κ1) is 14.4. The second-order valence-electron chi connectivity index (χ2n) is 6.58. The lowest BCUT2D eigenvalue weighted by Crippen LogP contribution is -2.39. The van der Waals surface area contributed by atoms with Gasteiger partial charge in [-0.25, -0.2) is 0 Å². The Balaban J connectivity index is 1.91. The molecule has 0 atom stereocenters. The highest BCUT2D eigenvalue weighted by Crippen LogP contribution is 2.24. The molecule has 0 spiro atoms. The molecule has 2 rings (SSSR count). The summed E-state index contributed by atoms with van der Waals surface area (Å²) in [6.45, 7) is 5.66. The molecule has 0 aromatic heterocycles. The number of benzene rings is 1. The topological polar surface area (TPSA) is 38.0 Å². The molecule has 0 heterocycles. The van der Waals surface area contributed by atoms with E-state index in [0.717, 1.165) is 18.3 Å². The van der Waals surface area contributed by atoms with Gasteiger partial charge in [0.2, 0.25) is 0 Å². The molecule has 0 amide bonds. The van der Waals surface area contributed by atoms with Crippen molar-refractivity contribution in [2.75, 3.05) is 12.3 Å². The van der Waals surface area contributed by atoms with Crippen LogP contribution in [0.25, 0.3) is 0 Å². The van der Waals surface area contributed by atoms with E-state index < -0.39 is 0 Å². The van der Waals surface area contributed by atoms with Gasteiger partial charge in [-0.3, -0.25) is 0 Å². The van der Waals surface area contributed by atoms with Crippen LogP contribution >= 0.6 is 0 Å². The first-order chi connectivity index (χ1) is 9.08. The number of hydrogen-bond donors (Lipinski definition) is 2. The van der Waals surface area contributed by atoms with Gasteiger partial charge in [-0.1, -0.05) is 51.7 Å². The van der Waals surface area contributed by atoms with E-state index in [9.17, 15) is 0 Å². The zero-order chi connectivity index (χ0) is 13.7. The summed E-state index contributed by atoms with van der Waals surface area (Å²) in [6.07, 6.45) is 8.30. The smallest absolute Gasteiger partial charge is 0.0314 e. The second kappa shape index (κ2) is 6.42. The molecule has 3 N–H and O–H groups in total. The summed E-state index contributed by atoms with van der Waals surface area (Å²) in [5.74, 6) is 0. The largest absolute Gasteiger partial charge is 0.399 e. The van der Waals surface area contributed by atoms with Crippen LogP contribution in [0.4, 0.5) is 5.69 Å². The Labute approximate surface area is 117 Å². The number of hydrogen-bond acceptors (Lipinski definition) is 2. The molecule has 0 unspecified atom stereocenters. The predicted molar refractivity (Wildman–Crippen MR) is 83.4 cm³/mol. The fourth-order valence-electron chi connectivity index (χ4n) is 2.92. The maximum Gasteiger partial charge on any atom is 0.0314 e. The minimum Gasteiger partial charge on any atom is -0.399 e. The van der Waals surface area contributed by atoms with E-state index in [2.05, 4.69) is 31.3 Å². The SMILES string of the molecule is CC(C)(CNC1CCCCCC1)c1ccc(N)cc1. The fraction of sp³-hybridized carbons (Fsp3) is 0.647. The van der Waals surface area contributed by atoms with Crippen molar-refractivity contribution in [3.8, 4) is 0 Å². The van der Waals surface area contributed by atoms with Gasteiger partial charge >= 0.3 is 0 Å². The third-order valence-corrected chi connectivity index (χ3v) is 4.38. The normalized spacial score (nSPS) is 18.2. The Morgan fingerprint density at radius 1 is 1.05 bits per heavy atom. The van der Waals surface area contributed by atoms with Gasteiger partial charge in [0.15, 0.2) is 0 Å². The average molecular weight is 260 g/mol. The van der Waals surface area contributed by atoms with E-state index in [1.54, 1.807) is 0 Å². The molecule has 1 aliphatic carbocycles. The fourth-order valence-corrected chi connectivity index (χ4v) is 2.92. The van der Waals surface area contributed by atoms with Crippen molar-refractivity contribution >= 4 is 5.69 Å². The molecule has 1 aliphatic rings. The van der Waals surface area contributed by atoms with E-state index in [-0.39, 0.29) is 5.41 Å². The first-order valence-electron chi connectivity index (χ1n) is 7.67. The second-order valence-corrected chi connectivity index (χ2v) is 6.58. The Morgan fingerprint density at radius 2 is 1.63 bits per heavy atom. The molecule has 0 radical (unpaired) electrons. The van der Waals surface area contributed by atoms with E-state index in [4.69, 9.17) is 5.73 Å². The molecule has 0 aliphatic heterocycles. The number of nitrogen functional groups attached to an aromatic ring is 1. The molecule has 0 bridgehead atoms. The van der Waals surface area contributed by atoms with Crippen LogP contribution in [0.1, 0.15) is 57.9 Å². The molecule has 1 saturated carbocycles. The van der Waals surface area contributed by atoms with Crippen molar-refractivity contribution < 1.29 is 0 Å².